The van der Waals surface area contributed by atoms with E-state index in [4.69, 9.17) is 14.2 Å². The van der Waals surface area contributed by atoms with E-state index >= 15 is 0 Å². The van der Waals surface area contributed by atoms with Crippen LogP contribution >= 0.6 is 0 Å². The molecule has 1 saturated heterocycles. The molecular weight excluding hydrogens is 320 g/mol. The Balaban J connectivity index is 1.68. The number of carbonyl (C=O) groups is 1. The maximum absolute atomic E-state index is 12.8. The lowest BCUT2D eigenvalue weighted by atomic mass is 10.1. The number of amides is 1. The molecule has 0 spiro atoms. The molecule has 0 saturated carbocycles. The van der Waals surface area contributed by atoms with Crippen molar-refractivity contribution in [3.05, 3.63) is 47.7 Å². The largest absolute Gasteiger partial charge is 0.497 e. The highest BCUT2D eigenvalue weighted by atomic mass is 16.5. The summed E-state index contributed by atoms with van der Waals surface area (Å²) in [7, 11) is 3.13. The smallest absolute Gasteiger partial charge is 0.257 e. The number of likely N-dealkylation sites (tertiary alicyclic amines) is 1. The third kappa shape index (κ3) is 3.84. The Labute approximate surface area is 147 Å². The van der Waals surface area contributed by atoms with Crippen molar-refractivity contribution in [2.45, 2.75) is 19.4 Å². The van der Waals surface area contributed by atoms with Crippen molar-refractivity contribution in [3.63, 3.8) is 0 Å². The molecule has 1 aliphatic rings. The SMILES string of the molecule is COc1ccc(C(=O)N2CCC(Oc3cccc(C)n3)C2)c(OC)c1. The molecular formula is C19H22N2O4. The van der Waals surface area contributed by atoms with E-state index in [2.05, 4.69) is 4.98 Å². The van der Waals surface area contributed by atoms with Crippen molar-refractivity contribution in [2.24, 2.45) is 0 Å². The molecule has 1 unspecified atom stereocenters. The van der Waals surface area contributed by atoms with Gasteiger partial charge in [-0.2, -0.15) is 0 Å². The van der Waals surface area contributed by atoms with Gasteiger partial charge in [0.1, 0.15) is 17.6 Å². The minimum absolute atomic E-state index is 0.0532. The first kappa shape index (κ1) is 17.1. The van der Waals surface area contributed by atoms with Crippen molar-refractivity contribution in [1.29, 1.82) is 0 Å². The van der Waals surface area contributed by atoms with Gasteiger partial charge in [0.15, 0.2) is 0 Å². The Morgan fingerprint density at radius 2 is 2.04 bits per heavy atom. The van der Waals surface area contributed by atoms with Gasteiger partial charge in [0.25, 0.3) is 5.91 Å². The Morgan fingerprint density at radius 3 is 2.76 bits per heavy atom. The highest BCUT2D eigenvalue weighted by molar-refractivity contribution is 5.97. The van der Waals surface area contributed by atoms with Gasteiger partial charge in [0.2, 0.25) is 5.88 Å². The summed E-state index contributed by atoms with van der Waals surface area (Å²) in [6, 6.07) is 10.9. The molecule has 0 radical (unpaired) electrons. The number of aromatic nitrogens is 1. The Kier molecular flexibility index (Phi) is 5.07. The average molecular weight is 342 g/mol. The number of hydrogen-bond donors (Lipinski definition) is 0. The van der Waals surface area contributed by atoms with E-state index in [0.717, 1.165) is 12.1 Å². The minimum Gasteiger partial charge on any atom is -0.497 e. The quantitative estimate of drug-likeness (QED) is 0.836. The van der Waals surface area contributed by atoms with Crippen LogP contribution < -0.4 is 14.2 Å². The van der Waals surface area contributed by atoms with E-state index in [1.165, 1.54) is 0 Å². The van der Waals surface area contributed by atoms with Crippen LogP contribution in [0.3, 0.4) is 0 Å². The zero-order valence-corrected chi connectivity index (χ0v) is 14.7. The summed E-state index contributed by atoms with van der Waals surface area (Å²) in [5.41, 5.74) is 1.43. The molecule has 2 heterocycles. The van der Waals surface area contributed by atoms with E-state index < -0.39 is 0 Å². The Hall–Kier alpha value is -2.76. The number of rotatable bonds is 5. The minimum atomic E-state index is -0.0668. The second-order valence-corrected chi connectivity index (χ2v) is 5.96. The first-order valence-corrected chi connectivity index (χ1v) is 8.22. The average Bonchev–Trinajstić information content (AvgIpc) is 3.09. The Bertz CT molecular complexity index is 763. The van der Waals surface area contributed by atoms with Crippen LogP contribution in [0.1, 0.15) is 22.5 Å². The highest BCUT2D eigenvalue weighted by Crippen LogP contribution is 2.27. The highest BCUT2D eigenvalue weighted by Gasteiger charge is 2.30. The van der Waals surface area contributed by atoms with Gasteiger partial charge in [0.05, 0.1) is 26.3 Å². The summed E-state index contributed by atoms with van der Waals surface area (Å²) in [5.74, 6) is 1.69. The summed E-state index contributed by atoms with van der Waals surface area (Å²) in [6.45, 7) is 3.10. The van der Waals surface area contributed by atoms with Gasteiger partial charge in [-0.25, -0.2) is 4.98 Å². The lowest BCUT2D eigenvalue weighted by molar-refractivity contribution is 0.0767. The Morgan fingerprint density at radius 1 is 1.20 bits per heavy atom. The predicted molar refractivity (Wildman–Crippen MR) is 93.5 cm³/mol. The molecule has 25 heavy (non-hydrogen) atoms. The number of methoxy groups -OCH3 is 2. The number of hydrogen-bond acceptors (Lipinski definition) is 5. The second-order valence-electron chi connectivity index (χ2n) is 5.96. The van der Waals surface area contributed by atoms with Crippen LogP contribution in [-0.4, -0.2) is 49.2 Å². The molecule has 1 aromatic carbocycles. The van der Waals surface area contributed by atoms with Gasteiger partial charge in [-0.05, 0) is 25.1 Å². The molecule has 3 rings (SSSR count). The molecule has 2 aromatic rings. The van der Waals surface area contributed by atoms with E-state index in [1.807, 2.05) is 25.1 Å². The third-order valence-corrected chi connectivity index (χ3v) is 4.22. The van der Waals surface area contributed by atoms with Crippen LogP contribution in [0.2, 0.25) is 0 Å². The number of carbonyl (C=O) groups excluding carboxylic acids is 1. The molecule has 0 N–H and O–H groups in total. The maximum Gasteiger partial charge on any atom is 0.257 e. The third-order valence-electron chi connectivity index (χ3n) is 4.22. The fourth-order valence-electron chi connectivity index (χ4n) is 2.91. The van der Waals surface area contributed by atoms with Crippen LogP contribution in [-0.2, 0) is 0 Å². The van der Waals surface area contributed by atoms with E-state index in [0.29, 0.717) is 36.0 Å². The topological polar surface area (TPSA) is 60.9 Å². The van der Waals surface area contributed by atoms with E-state index in [9.17, 15) is 4.79 Å². The lowest BCUT2D eigenvalue weighted by Gasteiger charge is -2.19. The van der Waals surface area contributed by atoms with Crippen molar-refractivity contribution in [3.8, 4) is 17.4 Å². The van der Waals surface area contributed by atoms with Crippen molar-refractivity contribution in [1.82, 2.24) is 9.88 Å². The molecule has 1 amide bonds. The van der Waals surface area contributed by atoms with Gasteiger partial charge in [-0.1, -0.05) is 6.07 Å². The van der Waals surface area contributed by atoms with Crippen LogP contribution in [0, 0.1) is 6.92 Å². The normalized spacial score (nSPS) is 16.6. The monoisotopic (exact) mass is 342 g/mol. The summed E-state index contributed by atoms with van der Waals surface area (Å²) in [6.07, 6.45) is 0.724. The first-order chi connectivity index (χ1) is 12.1. The van der Waals surface area contributed by atoms with Gasteiger partial charge >= 0.3 is 0 Å². The van der Waals surface area contributed by atoms with Crippen LogP contribution in [0.15, 0.2) is 36.4 Å². The molecule has 1 atom stereocenters. The molecule has 1 aliphatic heterocycles. The summed E-state index contributed by atoms with van der Waals surface area (Å²) >= 11 is 0. The fraction of sp³-hybridized carbons (Fsp3) is 0.368. The van der Waals surface area contributed by atoms with Crippen LogP contribution in [0.25, 0.3) is 0 Å². The van der Waals surface area contributed by atoms with Gasteiger partial charge in [-0.15, -0.1) is 0 Å². The summed E-state index contributed by atoms with van der Waals surface area (Å²) in [4.78, 5) is 18.9. The molecule has 1 aromatic heterocycles. The van der Waals surface area contributed by atoms with E-state index in [-0.39, 0.29) is 12.0 Å². The molecule has 132 valence electrons. The molecule has 6 nitrogen and oxygen atoms in total. The summed E-state index contributed by atoms with van der Waals surface area (Å²) in [5, 5.41) is 0. The number of pyridine rings is 1. The lowest BCUT2D eigenvalue weighted by Crippen LogP contribution is -2.31. The number of benzene rings is 1. The number of ether oxygens (including phenoxy) is 3. The van der Waals surface area contributed by atoms with Crippen molar-refractivity contribution >= 4 is 5.91 Å². The van der Waals surface area contributed by atoms with Gasteiger partial charge in [-0.3, -0.25) is 4.79 Å². The molecule has 0 bridgehead atoms. The van der Waals surface area contributed by atoms with Crippen LogP contribution in [0.5, 0.6) is 17.4 Å². The van der Waals surface area contributed by atoms with Crippen LogP contribution in [0.4, 0.5) is 0 Å². The standard InChI is InChI=1S/C19H22N2O4/c1-13-5-4-6-18(20-13)25-15-9-10-21(12-15)19(22)16-8-7-14(23-2)11-17(16)24-3/h4-8,11,15H,9-10,12H2,1-3H3. The molecule has 0 aliphatic carbocycles. The van der Waals surface area contributed by atoms with Crippen molar-refractivity contribution < 1.29 is 19.0 Å². The predicted octanol–water partition coefficient (Wildman–Crippen LogP) is 2.70. The van der Waals surface area contributed by atoms with Crippen molar-refractivity contribution in [2.75, 3.05) is 27.3 Å². The van der Waals surface area contributed by atoms with E-state index in [1.54, 1.807) is 37.3 Å². The zero-order valence-electron chi connectivity index (χ0n) is 14.7. The zero-order chi connectivity index (χ0) is 17.8. The maximum atomic E-state index is 12.8. The number of aryl methyl sites for hydroxylation is 1. The summed E-state index contributed by atoms with van der Waals surface area (Å²) < 4.78 is 16.4. The van der Waals surface area contributed by atoms with Gasteiger partial charge < -0.3 is 19.1 Å². The first-order valence-electron chi connectivity index (χ1n) is 8.22. The number of nitrogens with zero attached hydrogens (tertiary/aromatic N) is 2. The molecule has 6 heteroatoms. The van der Waals surface area contributed by atoms with Gasteiger partial charge in [0, 0.05) is 30.8 Å². The second kappa shape index (κ2) is 7.42. The molecule has 1 fully saturated rings. The fourth-order valence-corrected chi connectivity index (χ4v) is 2.91.